The zero-order valence-corrected chi connectivity index (χ0v) is 74.3. The van der Waals surface area contributed by atoms with Gasteiger partial charge in [-0.15, -0.1) is 0 Å². The average Bonchev–Trinajstić information content (AvgIpc) is 1.57. The first-order chi connectivity index (χ1) is 65.2. The van der Waals surface area contributed by atoms with Crippen LogP contribution in [0.2, 0.25) is 0 Å². The molecule has 0 N–H and O–H groups in total. The molecule has 7 heterocycles. The van der Waals surface area contributed by atoms with Crippen LogP contribution in [0.15, 0.2) is 407 Å². The standard InChI is InChI=1S/C126H85N7/c1-124(2)102-34-16-7-25-84(102)87-52-49-80(69-105(87)124)128-109-37-19-10-28-90(109)96-63-74(43-55-115(96)128)77-46-58-118-99(66-77)93-31-13-22-40-112(93)131(118)83-72-108-123(122(73-83)133-114-42-24-15-33-95(114)101-68-79(48-60-120(101)133)76-45-57-117-98(65-76)92-30-12-21-39-111(92)130(117)82-51-54-89-86-27-9-18-36-104(86)126(5,6)107(89)71-82)121(61-62-127-108)132-113-41-23-14-32-94(113)100-67-78(47-59-119(100)132)75-44-56-116-97(64-75)91-29-11-20-38-110(91)129(116)81-50-53-88-85-26-8-17-35-103(85)125(3,4)106(88)70-81/h7-73H,1-6H3. The van der Waals surface area contributed by atoms with Crippen LogP contribution in [-0.4, -0.2) is 32.4 Å². The third-order valence-corrected chi connectivity index (χ3v) is 31.0. The third kappa shape index (κ3) is 10.2. The highest BCUT2D eigenvalue weighted by Crippen LogP contribution is 2.55. The van der Waals surface area contributed by atoms with Crippen molar-refractivity contribution in [2.45, 2.75) is 57.8 Å². The number of para-hydroxylation sites is 6. The van der Waals surface area contributed by atoms with Crippen molar-refractivity contribution in [3.05, 3.63) is 440 Å². The lowest BCUT2D eigenvalue weighted by Gasteiger charge is -2.22. The van der Waals surface area contributed by atoms with Crippen molar-refractivity contribution in [3.63, 3.8) is 0 Å². The van der Waals surface area contributed by atoms with Crippen LogP contribution in [0, 0.1) is 0 Å². The molecule has 0 bridgehead atoms. The zero-order chi connectivity index (χ0) is 87.9. The van der Waals surface area contributed by atoms with E-state index in [4.69, 9.17) is 4.98 Å². The fraction of sp³-hybridized carbons (Fsp3) is 0.0714. The van der Waals surface area contributed by atoms with E-state index in [9.17, 15) is 0 Å². The number of pyridine rings is 1. The Bertz CT molecular complexity index is 9710. The third-order valence-electron chi connectivity index (χ3n) is 31.0. The van der Waals surface area contributed by atoms with Crippen LogP contribution in [0.25, 0.3) is 243 Å². The second kappa shape index (κ2) is 26.8. The fourth-order valence-electron chi connectivity index (χ4n) is 24.8. The lowest BCUT2D eigenvalue weighted by molar-refractivity contribution is 0.660. The molecule has 0 aliphatic heterocycles. The molecule has 3 aliphatic rings. The molecule has 624 valence electrons. The molecule has 0 saturated carbocycles. The second-order valence-electron chi connectivity index (χ2n) is 38.9. The number of benzene rings is 19. The van der Waals surface area contributed by atoms with E-state index in [0.29, 0.717) is 0 Å². The van der Waals surface area contributed by atoms with E-state index < -0.39 is 0 Å². The minimum Gasteiger partial charge on any atom is -0.309 e. The summed E-state index contributed by atoms with van der Waals surface area (Å²) < 4.78 is 15.0. The summed E-state index contributed by atoms with van der Waals surface area (Å²) in [5, 5.41) is 15.4. The summed E-state index contributed by atoms with van der Waals surface area (Å²) in [4.78, 5) is 5.58. The highest BCUT2D eigenvalue weighted by molar-refractivity contribution is 6.19. The van der Waals surface area contributed by atoms with Crippen molar-refractivity contribution in [2.75, 3.05) is 0 Å². The molecule has 3 aliphatic carbocycles. The van der Waals surface area contributed by atoms with E-state index in [0.717, 1.165) is 88.7 Å². The first-order valence-corrected chi connectivity index (χ1v) is 46.6. The van der Waals surface area contributed by atoms with E-state index >= 15 is 0 Å². The number of nitrogens with zero attached hydrogens (tertiary/aromatic N) is 7. The van der Waals surface area contributed by atoms with E-state index in [2.05, 4.69) is 469 Å². The molecule has 0 amide bonds. The maximum absolute atomic E-state index is 5.58. The van der Waals surface area contributed by atoms with Gasteiger partial charge >= 0.3 is 0 Å². The summed E-state index contributed by atoms with van der Waals surface area (Å²) in [6.45, 7) is 14.2. The monoisotopic (exact) mass is 1700 g/mol. The Morgan fingerprint density at radius 2 is 0.414 bits per heavy atom. The number of aromatic nitrogens is 7. The van der Waals surface area contributed by atoms with Crippen LogP contribution >= 0.6 is 0 Å². The number of rotatable bonds is 9. The van der Waals surface area contributed by atoms with Gasteiger partial charge < -0.3 is 27.4 Å². The lowest BCUT2D eigenvalue weighted by atomic mass is 9.82. The van der Waals surface area contributed by atoms with E-state index in [1.54, 1.807) is 0 Å². The van der Waals surface area contributed by atoms with Crippen molar-refractivity contribution in [1.29, 1.82) is 0 Å². The first-order valence-electron chi connectivity index (χ1n) is 46.6. The van der Waals surface area contributed by atoms with Crippen LogP contribution in [-0.2, 0) is 16.2 Å². The van der Waals surface area contributed by atoms with Crippen LogP contribution in [0.4, 0.5) is 0 Å². The van der Waals surface area contributed by atoms with Crippen LogP contribution < -0.4 is 0 Å². The molecule has 7 aromatic heterocycles. The maximum atomic E-state index is 5.58. The van der Waals surface area contributed by atoms with Gasteiger partial charge in [0.2, 0.25) is 0 Å². The van der Waals surface area contributed by atoms with Crippen LogP contribution in [0.5, 0.6) is 0 Å². The molecule has 0 spiro atoms. The van der Waals surface area contributed by atoms with Crippen molar-refractivity contribution < 1.29 is 0 Å². The number of fused-ring (bicyclic) bond motifs is 28. The Labute approximate surface area is 767 Å². The Kier molecular flexibility index (Phi) is 15.0. The van der Waals surface area contributed by atoms with Gasteiger partial charge in [0.05, 0.1) is 88.8 Å². The Hall–Kier alpha value is -16.6. The lowest BCUT2D eigenvalue weighted by Crippen LogP contribution is -2.15. The summed E-state index contributed by atoms with van der Waals surface area (Å²) in [7, 11) is 0. The van der Waals surface area contributed by atoms with Crippen molar-refractivity contribution >= 4 is 142 Å². The van der Waals surface area contributed by atoms with Gasteiger partial charge in [0.25, 0.3) is 0 Å². The van der Waals surface area contributed by atoms with Crippen molar-refractivity contribution in [3.8, 4) is 101 Å². The van der Waals surface area contributed by atoms with E-state index in [1.165, 1.54) is 187 Å². The zero-order valence-electron chi connectivity index (χ0n) is 74.3. The van der Waals surface area contributed by atoms with Crippen molar-refractivity contribution in [2.24, 2.45) is 0 Å². The molecular formula is C126H85N7. The molecule has 19 aromatic carbocycles. The predicted molar refractivity (Wildman–Crippen MR) is 557 cm³/mol. The molecule has 7 nitrogen and oxygen atoms in total. The minimum absolute atomic E-state index is 0.128. The molecule has 26 aromatic rings. The first kappa shape index (κ1) is 74.3. The Morgan fingerprint density at radius 1 is 0.173 bits per heavy atom. The Morgan fingerprint density at radius 3 is 0.722 bits per heavy atom. The van der Waals surface area contributed by atoms with E-state index in [-0.39, 0.29) is 16.2 Å². The quantitative estimate of drug-likeness (QED) is 0.142. The Balaban J connectivity index is 0.604. The molecule has 133 heavy (non-hydrogen) atoms. The fourth-order valence-corrected chi connectivity index (χ4v) is 24.8. The SMILES string of the molecule is CC1(C)c2ccccc2-c2ccc(-n3c4ccccc4c4cc(-c5ccc6c(c5)c5ccccc5n6-c5cc(-n6c7ccccc7c7cc(-c8ccc9c(c8)c8ccccc8n9-c8ccc9c(c8)C(C)(C)c8ccccc8-9)ccc76)c6c(-n7c8ccccc8c8cc(-c9ccc%10c(c9)c9ccccc9n%10-c9ccc%10c(c9)C(C)(C)c9ccccc9-%10)ccc87)ccnc6c5)ccc43)cc21. The van der Waals surface area contributed by atoms with Crippen molar-refractivity contribution in [1.82, 2.24) is 32.4 Å². The topological polar surface area (TPSA) is 42.5 Å². The van der Waals surface area contributed by atoms with Crippen LogP contribution in [0.3, 0.4) is 0 Å². The van der Waals surface area contributed by atoms with Gasteiger partial charge in [0, 0.05) is 110 Å². The number of hydrogen-bond donors (Lipinski definition) is 0. The maximum Gasteiger partial charge on any atom is 0.0765 e. The van der Waals surface area contributed by atoms with E-state index in [1.807, 2.05) is 6.20 Å². The van der Waals surface area contributed by atoms with Gasteiger partial charge in [-0.05, 0) is 264 Å². The summed E-state index contributed by atoms with van der Waals surface area (Å²) in [6, 6.07) is 152. The van der Waals surface area contributed by atoms with Gasteiger partial charge in [-0.1, -0.05) is 278 Å². The molecule has 0 atom stereocenters. The van der Waals surface area contributed by atoms with Gasteiger partial charge in [-0.2, -0.15) is 0 Å². The van der Waals surface area contributed by atoms with Gasteiger partial charge in [-0.3, -0.25) is 4.98 Å². The predicted octanol–water partition coefficient (Wildman–Crippen LogP) is 32.7. The molecular weight excluding hydrogens is 1610 g/mol. The number of hydrogen-bond acceptors (Lipinski definition) is 1. The summed E-state index contributed by atoms with van der Waals surface area (Å²) in [5.41, 5.74) is 44.0. The normalized spacial score (nSPS) is 14.0. The smallest absolute Gasteiger partial charge is 0.0765 e. The van der Waals surface area contributed by atoms with Gasteiger partial charge in [0.15, 0.2) is 0 Å². The molecule has 0 radical (unpaired) electrons. The van der Waals surface area contributed by atoms with Crippen LogP contribution in [0.1, 0.15) is 74.9 Å². The molecule has 29 rings (SSSR count). The highest BCUT2D eigenvalue weighted by Gasteiger charge is 2.40. The molecule has 0 fully saturated rings. The average molecular weight is 1700 g/mol. The molecule has 0 saturated heterocycles. The van der Waals surface area contributed by atoms with Gasteiger partial charge in [-0.25, -0.2) is 0 Å². The largest absolute Gasteiger partial charge is 0.309 e. The molecule has 7 heteroatoms. The highest BCUT2D eigenvalue weighted by atomic mass is 15.1. The second-order valence-corrected chi connectivity index (χ2v) is 38.9. The minimum atomic E-state index is -0.134. The molecule has 0 unspecified atom stereocenters. The van der Waals surface area contributed by atoms with Gasteiger partial charge in [0.1, 0.15) is 0 Å². The summed E-state index contributed by atoms with van der Waals surface area (Å²) in [6.07, 6.45) is 2.03. The summed E-state index contributed by atoms with van der Waals surface area (Å²) in [5.74, 6) is 0. The summed E-state index contributed by atoms with van der Waals surface area (Å²) >= 11 is 0.